The molecule has 6 nitrogen and oxygen atoms in total. The number of urea groups is 1. The van der Waals surface area contributed by atoms with Gasteiger partial charge in [-0.25, -0.2) is 14.0 Å². The van der Waals surface area contributed by atoms with E-state index in [1.165, 1.54) is 11.0 Å². The highest BCUT2D eigenvalue weighted by Crippen LogP contribution is 2.15. The number of rotatable bonds is 5. The van der Waals surface area contributed by atoms with Gasteiger partial charge in [0.05, 0.1) is 17.6 Å². The summed E-state index contributed by atoms with van der Waals surface area (Å²) in [4.78, 5) is 24.3. The maximum absolute atomic E-state index is 13.3. The lowest BCUT2D eigenvalue weighted by molar-refractivity contribution is 0.0692. The molecule has 1 unspecified atom stereocenters. The van der Waals surface area contributed by atoms with Crippen LogP contribution in [-0.2, 0) is 0 Å². The third-order valence-electron chi connectivity index (χ3n) is 2.83. The maximum Gasteiger partial charge on any atom is 0.338 e. The van der Waals surface area contributed by atoms with Crippen molar-refractivity contribution in [1.29, 1.82) is 5.26 Å². The van der Waals surface area contributed by atoms with Crippen LogP contribution in [0.1, 0.15) is 24.2 Å². The minimum Gasteiger partial charge on any atom is -0.478 e. The molecule has 1 atom stereocenters. The Morgan fingerprint density at radius 2 is 2.19 bits per heavy atom. The van der Waals surface area contributed by atoms with Crippen molar-refractivity contribution in [2.45, 2.75) is 13.8 Å². The highest BCUT2D eigenvalue weighted by Gasteiger charge is 2.16. The van der Waals surface area contributed by atoms with E-state index < -0.39 is 23.4 Å². The highest BCUT2D eigenvalue weighted by molar-refractivity contribution is 5.93. The summed E-state index contributed by atoms with van der Waals surface area (Å²) in [6, 6.07) is 4.87. The molecule has 0 fully saturated rings. The lowest BCUT2D eigenvalue weighted by Crippen LogP contribution is -2.37. The van der Waals surface area contributed by atoms with Crippen LogP contribution in [0, 0.1) is 23.1 Å². The van der Waals surface area contributed by atoms with Gasteiger partial charge < -0.3 is 15.3 Å². The normalized spacial score (nSPS) is 11.3. The lowest BCUT2D eigenvalue weighted by Gasteiger charge is -2.22. The fourth-order valence-corrected chi connectivity index (χ4v) is 1.70. The molecular formula is C14H16FN3O3. The lowest BCUT2D eigenvalue weighted by atomic mass is 10.2. The number of halogens is 1. The number of hydrogen-bond acceptors (Lipinski definition) is 3. The van der Waals surface area contributed by atoms with Gasteiger partial charge in [0, 0.05) is 18.8 Å². The number of aromatic carboxylic acids is 1. The average Bonchev–Trinajstić information content (AvgIpc) is 2.45. The fourth-order valence-electron chi connectivity index (χ4n) is 1.70. The van der Waals surface area contributed by atoms with Crippen LogP contribution < -0.4 is 5.32 Å². The first kappa shape index (κ1) is 16.4. The Hall–Kier alpha value is -2.62. The maximum atomic E-state index is 13.3. The largest absolute Gasteiger partial charge is 0.478 e. The van der Waals surface area contributed by atoms with Crippen LogP contribution in [0.25, 0.3) is 0 Å². The Morgan fingerprint density at radius 1 is 1.52 bits per heavy atom. The van der Waals surface area contributed by atoms with Gasteiger partial charge in [0.2, 0.25) is 0 Å². The van der Waals surface area contributed by atoms with E-state index in [-0.39, 0.29) is 18.2 Å². The third-order valence-corrected chi connectivity index (χ3v) is 2.83. The van der Waals surface area contributed by atoms with E-state index >= 15 is 0 Å². The monoisotopic (exact) mass is 293 g/mol. The molecule has 0 aliphatic carbocycles. The zero-order chi connectivity index (χ0) is 16.0. The number of amides is 2. The molecule has 0 aliphatic rings. The van der Waals surface area contributed by atoms with E-state index in [2.05, 4.69) is 5.32 Å². The van der Waals surface area contributed by atoms with Crippen molar-refractivity contribution in [1.82, 2.24) is 4.90 Å². The van der Waals surface area contributed by atoms with Crippen molar-refractivity contribution in [2.24, 2.45) is 5.92 Å². The molecule has 7 heteroatoms. The van der Waals surface area contributed by atoms with Gasteiger partial charge in [-0.05, 0) is 32.0 Å². The van der Waals surface area contributed by atoms with Crippen LogP contribution in [0.15, 0.2) is 18.2 Å². The van der Waals surface area contributed by atoms with Crippen molar-refractivity contribution in [3.05, 3.63) is 29.6 Å². The molecule has 1 rings (SSSR count). The van der Waals surface area contributed by atoms with Gasteiger partial charge in [-0.3, -0.25) is 0 Å². The van der Waals surface area contributed by atoms with E-state index in [0.717, 1.165) is 12.1 Å². The predicted octanol–water partition coefficient (Wildman–Crippen LogP) is 2.54. The Morgan fingerprint density at radius 3 is 2.71 bits per heavy atom. The highest BCUT2D eigenvalue weighted by atomic mass is 19.1. The first-order valence-corrected chi connectivity index (χ1v) is 6.37. The summed E-state index contributed by atoms with van der Waals surface area (Å²) in [5, 5.41) is 20.1. The molecular weight excluding hydrogens is 277 g/mol. The van der Waals surface area contributed by atoms with E-state index in [0.29, 0.717) is 6.54 Å². The van der Waals surface area contributed by atoms with E-state index in [4.69, 9.17) is 10.4 Å². The number of benzene rings is 1. The summed E-state index contributed by atoms with van der Waals surface area (Å²) in [6.07, 6.45) is 0. The van der Waals surface area contributed by atoms with Crippen molar-refractivity contribution in [3.63, 3.8) is 0 Å². The molecule has 112 valence electrons. The summed E-state index contributed by atoms with van der Waals surface area (Å²) in [5.74, 6) is -2.60. The number of nitriles is 1. The van der Waals surface area contributed by atoms with Crippen molar-refractivity contribution in [3.8, 4) is 6.07 Å². The van der Waals surface area contributed by atoms with Gasteiger partial charge in [-0.2, -0.15) is 5.26 Å². The van der Waals surface area contributed by atoms with Gasteiger partial charge in [0.1, 0.15) is 5.82 Å². The molecule has 21 heavy (non-hydrogen) atoms. The Kier molecular flexibility index (Phi) is 5.67. The van der Waals surface area contributed by atoms with Gasteiger partial charge in [0.15, 0.2) is 0 Å². The Balaban J connectivity index is 2.85. The fraction of sp³-hybridized carbons (Fsp3) is 0.357. The number of carbonyl (C=O) groups is 2. The number of carboxylic acids is 1. The van der Waals surface area contributed by atoms with Crippen LogP contribution in [0.2, 0.25) is 0 Å². The van der Waals surface area contributed by atoms with E-state index in [9.17, 15) is 14.0 Å². The van der Waals surface area contributed by atoms with Gasteiger partial charge in [-0.15, -0.1) is 0 Å². The van der Waals surface area contributed by atoms with Gasteiger partial charge >= 0.3 is 12.0 Å². The Bertz CT molecular complexity index is 583. The minimum absolute atomic E-state index is 0.182. The summed E-state index contributed by atoms with van der Waals surface area (Å²) in [5.41, 5.74) is -0.330. The molecule has 0 bridgehead atoms. The summed E-state index contributed by atoms with van der Waals surface area (Å²) in [6.45, 7) is 4.10. The van der Waals surface area contributed by atoms with Gasteiger partial charge in [-0.1, -0.05) is 0 Å². The van der Waals surface area contributed by atoms with Gasteiger partial charge in [0.25, 0.3) is 0 Å². The van der Waals surface area contributed by atoms with Crippen LogP contribution in [0.5, 0.6) is 0 Å². The molecule has 0 radical (unpaired) electrons. The number of carboxylic acid groups (broad SMARTS) is 1. The molecule has 0 spiro atoms. The van der Waals surface area contributed by atoms with Crippen LogP contribution >= 0.6 is 0 Å². The summed E-state index contributed by atoms with van der Waals surface area (Å²) < 4.78 is 13.3. The first-order chi connectivity index (χ1) is 9.88. The molecule has 0 heterocycles. The van der Waals surface area contributed by atoms with Crippen LogP contribution in [0.4, 0.5) is 14.9 Å². The minimum atomic E-state index is -1.41. The zero-order valence-electron chi connectivity index (χ0n) is 11.8. The first-order valence-electron chi connectivity index (χ1n) is 6.37. The van der Waals surface area contributed by atoms with E-state index in [1.807, 2.05) is 6.07 Å². The standard InChI is InChI=1S/C14H16FN3O3/c1-3-18(8-9(2)7-16)14(21)17-10-4-5-12(15)11(6-10)13(19)20/h4-6,9H,3,8H2,1-2H3,(H,17,21)(H,19,20). The quantitative estimate of drug-likeness (QED) is 0.872. The number of anilines is 1. The second-order valence-corrected chi connectivity index (χ2v) is 4.50. The SMILES string of the molecule is CCN(CC(C)C#N)C(=O)Nc1ccc(F)c(C(=O)O)c1. The molecule has 0 saturated carbocycles. The number of nitrogens with one attached hydrogen (secondary N) is 1. The summed E-state index contributed by atoms with van der Waals surface area (Å²) in [7, 11) is 0. The van der Waals surface area contributed by atoms with Crippen LogP contribution in [0.3, 0.4) is 0 Å². The average molecular weight is 293 g/mol. The predicted molar refractivity (Wildman–Crippen MR) is 74.4 cm³/mol. The number of nitrogens with zero attached hydrogens (tertiary/aromatic N) is 2. The topological polar surface area (TPSA) is 93.4 Å². The second kappa shape index (κ2) is 7.24. The molecule has 2 N–H and O–H groups in total. The smallest absolute Gasteiger partial charge is 0.338 e. The summed E-state index contributed by atoms with van der Waals surface area (Å²) >= 11 is 0. The zero-order valence-corrected chi connectivity index (χ0v) is 11.8. The second-order valence-electron chi connectivity index (χ2n) is 4.50. The molecule has 1 aromatic rings. The van der Waals surface area contributed by atoms with Crippen molar-refractivity contribution in [2.75, 3.05) is 18.4 Å². The molecule has 0 aliphatic heterocycles. The van der Waals surface area contributed by atoms with Crippen molar-refractivity contribution < 1.29 is 19.1 Å². The molecule has 0 saturated heterocycles. The van der Waals surface area contributed by atoms with Crippen LogP contribution in [-0.4, -0.2) is 35.1 Å². The van der Waals surface area contributed by atoms with Crippen molar-refractivity contribution >= 4 is 17.7 Å². The third kappa shape index (κ3) is 4.45. The Labute approximate surface area is 121 Å². The molecule has 1 aromatic carbocycles. The molecule has 2 amide bonds. The van der Waals surface area contributed by atoms with E-state index in [1.54, 1.807) is 13.8 Å². The number of carbonyl (C=O) groups excluding carboxylic acids is 1. The number of hydrogen-bond donors (Lipinski definition) is 2. The molecule has 0 aromatic heterocycles.